The fourth-order valence-electron chi connectivity index (χ4n) is 2.91. The number of aryl methyl sites for hydroxylation is 2. The summed E-state index contributed by atoms with van der Waals surface area (Å²) < 4.78 is 5.61. The normalized spacial score (nSPS) is 12.6. The fraction of sp³-hybridized carbons (Fsp3) is 0.211. The van der Waals surface area contributed by atoms with Gasteiger partial charge in [0.05, 0.1) is 5.69 Å². The van der Waals surface area contributed by atoms with Gasteiger partial charge >= 0.3 is 0 Å². The van der Waals surface area contributed by atoms with E-state index in [1.807, 2.05) is 35.7 Å². The first-order chi connectivity index (χ1) is 12.3. The van der Waals surface area contributed by atoms with Crippen molar-refractivity contribution < 1.29 is 9.53 Å². The molecule has 5 nitrogen and oxygen atoms in total. The first-order valence-corrected chi connectivity index (χ1v) is 9.07. The van der Waals surface area contributed by atoms with Crippen molar-refractivity contribution in [3.8, 4) is 17.1 Å². The van der Waals surface area contributed by atoms with E-state index in [4.69, 9.17) is 4.74 Å². The number of thiazole rings is 1. The number of pyridine rings is 1. The van der Waals surface area contributed by atoms with Crippen LogP contribution >= 0.6 is 11.3 Å². The van der Waals surface area contributed by atoms with Crippen LogP contribution in [0.5, 0.6) is 5.75 Å². The number of rotatable bonds is 5. The molecule has 0 radical (unpaired) electrons. The second kappa shape index (κ2) is 7.03. The first kappa shape index (κ1) is 15.8. The van der Waals surface area contributed by atoms with Crippen molar-refractivity contribution in [3.05, 3.63) is 59.1 Å². The van der Waals surface area contributed by atoms with Gasteiger partial charge in [0.2, 0.25) is 0 Å². The van der Waals surface area contributed by atoms with Crippen LogP contribution in [0.2, 0.25) is 0 Å². The molecule has 1 aliphatic carbocycles. The standard InChI is InChI=1S/C19H17N3O2S/c23-18(11-24-15-8-7-13-4-3-5-14(13)10-15)22-19-21-17(12-25-19)16-6-1-2-9-20-16/h1-2,6-10,12H,3-5,11H2,(H,21,22,23). The van der Waals surface area contributed by atoms with Gasteiger partial charge in [0.15, 0.2) is 11.7 Å². The maximum atomic E-state index is 12.1. The third kappa shape index (κ3) is 3.69. The lowest BCUT2D eigenvalue weighted by Gasteiger charge is -2.07. The minimum atomic E-state index is -0.220. The molecule has 4 rings (SSSR count). The fourth-order valence-corrected chi connectivity index (χ4v) is 3.63. The highest BCUT2D eigenvalue weighted by Gasteiger charge is 2.13. The van der Waals surface area contributed by atoms with Crippen molar-refractivity contribution >= 4 is 22.4 Å². The zero-order valence-electron chi connectivity index (χ0n) is 13.6. The molecule has 0 fully saturated rings. The van der Waals surface area contributed by atoms with Gasteiger partial charge < -0.3 is 4.74 Å². The summed E-state index contributed by atoms with van der Waals surface area (Å²) in [5.74, 6) is 0.520. The Morgan fingerprint density at radius 3 is 2.96 bits per heavy atom. The van der Waals surface area contributed by atoms with Crippen LogP contribution in [0.3, 0.4) is 0 Å². The van der Waals surface area contributed by atoms with Crippen LogP contribution in [0.4, 0.5) is 5.13 Å². The molecule has 1 amide bonds. The van der Waals surface area contributed by atoms with Crippen molar-refractivity contribution in [2.45, 2.75) is 19.3 Å². The molecule has 126 valence electrons. The van der Waals surface area contributed by atoms with Crippen molar-refractivity contribution in [2.24, 2.45) is 0 Å². The number of carbonyl (C=O) groups excluding carboxylic acids is 1. The summed E-state index contributed by atoms with van der Waals surface area (Å²) in [7, 11) is 0. The monoisotopic (exact) mass is 351 g/mol. The van der Waals surface area contributed by atoms with E-state index in [1.54, 1.807) is 6.20 Å². The molecule has 2 heterocycles. The number of aromatic nitrogens is 2. The highest BCUT2D eigenvalue weighted by Crippen LogP contribution is 2.26. The average Bonchev–Trinajstić information content (AvgIpc) is 3.29. The second-order valence-corrected chi connectivity index (χ2v) is 6.73. The molecule has 2 aromatic heterocycles. The van der Waals surface area contributed by atoms with Gasteiger partial charge in [0, 0.05) is 11.6 Å². The molecule has 1 aliphatic rings. The third-order valence-electron chi connectivity index (χ3n) is 4.12. The molecule has 0 saturated heterocycles. The number of hydrogen-bond donors (Lipinski definition) is 1. The smallest absolute Gasteiger partial charge is 0.264 e. The summed E-state index contributed by atoms with van der Waals surface area (Å²) in [6, 6.07) is 11.7. The summed E-state index contributed by atoms with van der Waals surface area (Å²) in [6.07, 6.45) is 5.15. The van der Waals surface area contributed by atoms with Crippen LogP contribution in [0.15, 0.2) is 48.0 Å². The van der Waals surface area contributed by atoms with Crippen LogP contribution in [0, 0.1) is 0 Å². The Morgan fingerprint density at radius 1 is 1.16 bits per heavy atom. The van der Waals surface area contributed by atoms with E-state index in [1.165, 1.54) is 28.9 Å². The molecule has 0 aliphatic heterocycles. The summed E-state index contributed by atoms with van der Waals surface area (Å²) in [6.45, 7) is -0.0305. The molecule has 1 N–H and O–H groups in total. The maximum Gasteiger partial charge on any atom is 0.264 e. The molecular weight excluding hydrogens is 334 g/mol. The molecule has 6 heteroatoms. The number of fused-ring (bicyclic) bond motifs is 1. The molecule has 0 bridgehead atoms. The van der Waals surface area contributed by atoms with Gasteiger partial charge in [-0.15, -0.1) is 11.3 Å². The van der Waals surface area contributed by atoms with Crippen LogP contribution in [0.1, 0.15) is 17.5 Å². The van der Waals surface area contributed by atoms with Gasteiger partial charge in [-0.05, 0) is 54.7 Å². The first-order valence-electron chi connectivity index (χ1n) is 8.19. The Kier molecular flexibility index (Phi) is 4.43. The van der Waals surface area contributed by atoms with E-state index in [2.05, 4.69) is 21.4 Å². The predicted octanol–water partition coefficient (Wildman–Crippen LogP) is 3.71. The SMILES string of the molecule is O=C(COc1ccc2c(c1)CCC2)Nc1nc(-c2ccccn2)cs1. The van der Waals surface area contributed by atoms with Crippen molar-refractivity contribution in [3.63, 3.8) is 0 Å². The lowest BCUT2D eigenvalue weighted by atomic mass is 10.1. The largest absolute Gasteiger partial charge is 0.484 e. The van der Waals surface area contributed by atoms with Gasteiger partial charge in [-0.2, -0.15) is 0 Å². The number of nitrogens with one attached hydrogen (secondary N) is 1. The summed E-state index contributed by atoms with van der Waals surface area (Å²) in [5.41, 5.74) is 4.26. The zero-order valence-corrected chi connectivity index (χ0v) is 14.4. The lowest BCUT2D eigenvalue weighted by Crippen LogP contribution is -2.20. The van der Waals surface area contributed by atoms with Crippen molar-refractivity contribution in [1.29, 1.82) is 0 Å². The molecule has 0 unspecified atom stereocenters. The number of amides is 1. The number of nitrogens with zero attached hydrogens (tertiary/aromatic N) is 2. The zero-order chi connectivity index (χ0) is 17.1. The Morgan fingerprint density at radius 2 is 2.08 bits per heavy atom. The Labute approximate surface area is 149 Å². The molecule has 0 atom stereocenters. The van der Waals surface area contributed by atoms with E-state index in [9.17, 15) is 4.79 Å². The summed E-state index contributed by atoms with van der Waals surface area (Å²) >= 11 is 1.37. The van der Waals surface area contributed by atoms with E-state index >= 15 is 0 Å². The number of hydrogen-bond acceptors (Lipinski definition) is 5. The van der Waals surface area contributed by atoms with Gasteiger partial charge in [-0.1, -0.05) is 12.1 Å². The third-order valence-corrected chi connectivity index (χ3v) is 4.88. The highest BCUT2D eigenvalue weighted by molar-refractivity contribution is 7.14. The maximum absolute atomic E-state index is 12.1. The van der Waals surface area contributed by atoms with Crippen LogP contribution in [-0.2, 0) is 17.6 Å². The van der Waals surface area contributed by atoms with Gasteiger partial charge in [-0.3, -0.25) is 15.1 Å². The highest BCUT2D eigenvalue weighted by atomic mass is 32.1. The van der Waals surface area contributed by atoms with Gasteiger partial charge in [0.25, 0.3) is 5.91 Å². The van der Waals surface area contributed by atoms with Gasteiger partial charge in [0.1, 0.15) is 11.4 Å². The minimum absolute atomic E-state index is 0.0305. The number of anilines is 1. The van der Waals surface area contributed by atoms with Crippen LogP contribution < -0.4 is 10.1 Å². The number of ether oxygens (including phenoxy) is 1. The lowest BCUT2D eigenvalue weighted by molar-refractivity contribution is -0.118. The predicted molar refractivity (Wildman–Crippen MR) is 97.9 cm³/mol. The molecule has 25 heavy (non-hydrogen) atoms. The molecule has 0 spiro atoms. The van der Waals surface area contributed by atoms with Crippen LogP contribution in [-0.4, -0.2) is 22.5 Å². The van der Waals surface area contributed by atoms with E-state index in [0.717, 1.165) is 30.0 Å². The van der Waals surface area contributed by atoms with E-state index < -0.39 is 0 Å². The molecular formula is C19H17N3O2S. The van der Waals surface area contributed by atoms with Crippen molar-refractivity contribution in [1.82, 2.24) is 9.97 Å². The van der Waals surface area contributed by atoms with E-state index in [0.29, 0.717) is 5.13 Å². The summed E-state index contributed by atoms with van der Waals surface area (Å²) in [5, 5.41) is 5.19. The minimum Gasteiger partial charge on any atom is -0.484 e. The molecule has 0 saturated carbocycles. The van der Waals surface area contributed by atoms with Crippen molar-refractivity contribution in [2.75, 3.05) is 11.9 Å². The number of carbonyl (C=O) groups is 1. The quantitative estimate of drug-likeness (QED) is 0.761. The Balaban J connectivity index is 1.34. The number of benzene rings is 1. The van der Waals surface area contributed by atoms with Gasteiger partial charge in [-0.25, -0.2) is 4.98 Å². The van der Waals surface area contributed by atoms with E-state index in [-0.39, 0.29) is 12.5 Å². The Hall–Kier alpha value is -2.73. The van der Waals surface area contributed by atoms with Crippen LogP contribution in [0.25, 0.3) is 11.4 Å². The molecule has 3 aromatic rings. The topological polar surface area (TPSA) is 64.1 Å². The average molecular weight is 351 g/mol. The second-order valence-electron chi connectivity index (χ2n) is 5.87. The molecule has 1 aromatic carbocycles. The Bertz CT molecular complexity index is 893. The summed E-state index contributed by atoms with van der Waals surface area (Å²) in [4.78, 5) is 20.7.